The maximum absolute atomic E-state index is 13.0. The van der Waals surface area contributed by atoms with E-state index in [2.05, 4.69) is 34.6 Å². The normalized spacial score (nSPS) is 14.2. The summed E-state index contributed by atoms with van der Waals surface area (Å²) < 4.78 is 67.6. The molecule has 5 atom stereocenters. The molecule has 85 heavy (non-hydrogen) atoms. The first-order valence-electron chi connectivity index (χ1n) is 34.6. The first kappa shape index (κ1) is 83.1. The van der Waals surface area contributed by atoms with Gasteiger partial charge in [-0.3, -0.25) is 37.3 Å². The lowest BCUT2D eigenvalue weighted by Gasteiger charge is -2.21. The highest BCUT2D eigenvalue weighted by Gasteiger charge is 2.30. The van der Waals surface area contributed by atoms with E-state index in [4.69, 9.17) is 37.0 Å². The maximum Gasteiger partial charge on any atom is 0.472 e. The van der Waals surface area contributed by atoms with Crippen LogP contribution in [0, 0.1) is 5.92 Å². The Bertz CT molecular complexity index is 1650. The Labute approximate surface area is 517 Å². The molecule has 0 aromatic heterocycles. The van der Waals surface area contributed by atoms with Gasteiger partial charge >= 0.3 is 39.5 Å². The Morgan fingerprint density at radius 3 is 0.800 bits per heavy atom. The molecule has 0 bridgehead atoms. The molecule has 0 aliphatic carbocycles. The summed E-state index contributed by atoms with van der Waals surface area (Å²) >= 11 is 0. The molecule has 504 valence electrons. The molecule has 0 aromatic rings. The fourth-order valence-electron chi connectivity index (χ4n) is 9.94. The number of esters is 4. The van der Waals surface area contributed by atoms with Crippen LogP contribution in [-0.2, 0) is 65.4 Å². The number of aliphatic hydroxyl groups is 1. The molecule has 0 amide bonds. The first-order chi connectivity index (χ1) is 41.0. The summed E-state index contributed by atoms with van der Waals surface area (Å²) in [6, 6.07) is 0. The molecule has 0 fully saturated rings. The quantitative estimate of drug-likeness (QED) is 0.0222. The van der Waals surface area contributed by atoms with Crippen molar-refractivity contribution in [1.82, 2.24) is 0 Å². The van der Waals surface area contributed by atoms with Gasteiger partial charge in [-0.1, -0.05) is 285 Å². The minimum Gasteiger partial charge on any atom is -0.462 e. The van der Waals surface area contributed by atoms with Crippen LogP contribution in [-0.4, -0.2) is 96.7 Å². The van der Waals surface area contributed by atoms with Gasteiger partial charge in [-0.05, 0) is 31.6 Å². The Kier molecular flexibility index (Phi) is 58.3. The molecule has 2 unspecified atom stereocenters. The standard InChI is InChI=1S/C66H128O17P2/c1-6-9-12-15-16-17-18-19-20-21-22-23-24-25-26-31-34-37-42-47-52-66(71)83-62(56-77-64(69)50-45-41-36-33-30-28-27-29-32-35-40-43-48-59(4)5)58-81-85(74,75)79-54-60(67)53-78-84(72,73)80-57-61(82-65(70)51-46-39-14-11-8-3)55-76-63(68)49-44-38-13-10-7-2/h59-62,67H,6-58H2,1-5H3,(H,72,73)(H,74,75)/t60-,61+,62+/m0/s1. The second-order valence-corrected chi connectivity index (χ2v) is 27.2. The van der Waals surface area contributed by atoms with Gasteiger partial charge in [-0.15, -0.1) is 0 Å². The number of phosphoric acid groups is 2. The van der Waals surface area contributed by atoms with Crippen molar-refractivity contribution in [3.63, 3.8) is 0 Å². The number of hydrogen-bond acceptors (Lipinski definition) is 15. The van der Waals surface area contributed by atoms with E-state index >= 15 is 0 Å². The van der Waals surface area contributed by atoms with Crippen LogP contribution in [0.2, 0.25) is 0 Å². The molecular weight excluding hydrogens is 1130 g/mol. The zero-order chi connectivity index (χ0) is 62.8. The highest BCUT2D eigenvalue weighted by Crippen LogP contribution is 2.45. The smallest absolute Gasteiger partial charge is 0.462 e. The van der Waals surface area contributed by atoms with E-state index in [0.29, 0.717) is 25.7 Å². The third kappa shape index (κ3) is 60.7. The number of aliphatic hydroxyl groups excluding tert-OH is 1. The summed E-state index contributed by atoms with van der Waals surface area (Å²) in [7, 11) is -9.87. The van der Waals surface area contributed by atoms with Gasteiger partial charge in [-0.25, -0.2) is 9.13 Å². The van der Waals surface area contributed by atoms with E-state index in [1.54, 1.807) is 0 Å². The third-order valence-electron chi connectivity index (χ3n) is 15.3. The van der Waals surface area contributed by atoms with Crippen molar-refractivity contribution in [3.8, 4) is 0 Å². The van der Waals surface area contributed by atoms with Crippen LogP contribution in [0.1, 0.15) is 336 Å². The van der Waals surface area contributed by atoms with Crippen LogP contribution in [0.15, 0.2) is 0 Å². The molecule has 3 N–H and O–H groups in total. The number of carbonyl (C=O) groups is 4. The van der Waals surface area contributed by atoms with Gasteiger partial charge in [0.2, 0.25) is 0 Å². The number of ether oxygens (including phenoxy) is 4. The van der Waals surface area contributed by atoms with Gasteiger partial charge in [0, 0.05) is 25.7 Å². The van der Waals surface area contributed by atoms with Gasteiger partial charge in [-0.2, -0.15) is 0 Å². The average molecular weight is 1260 g/mol. The second kappa shape index (κ2) is 59.7. The minimum atomic E-state index is -4.94. The van der Waals surface area contributed by atoms with Gasteiger partial charge in [0.1, 0.15) is 19.3 Å². The molecule has 19 heteroatoms. The fourth-order valence-corrected chi connectivity index (χ4v) is 11.5. The van der Waals surface area contributed by atoms with Crippen molar-refractivity contribution >= 4 is 39.5 Å². The van der Waals surface area contributed by atoms with Crippen LogP contribution >= 0.6 is 15.6 Å². The SMILES string of the molecule is CCCCCCCCCCCCCCCCCCCCCCC(=O)O[C@H](COC(=O)CCCCCCCCCCCCCCC(C)C)COP(=O)(O)OC[C@@H](O)COP(=O)(O)OC[C@@H](COC(=O)CCCCCCC)OC(=O)CCCCCCC. The average Bonchev–Trinajstić information content (AvgIpc) is 3.57. The molecule has 0 rings (SSSR count). The van der Waals surface area contributed by atoms with E-state index in [1.807, 2.05) is 0 Å². The minimum absolute atomic E-state index is 0.0990. The molecule has 0 aromatic carbocycles. The van der Waals surface area contributed by atoms with E-state index in [1.165, 1.54) is 154 Å². The van der Waals surface area contributed by atoms with Gasteiger partial charge in [0.15, 0.2) is 12.2 Å². The van der Waals surface area contributed by atoms with E-state index in [9.17, 15) is 43.2 Å². The maximum atomic E-state index is 13.0. The summed E-state index contributed by atoms with van der Waals surface area (Å²) in [6.45, 7) is 7.04. The summed E-state index contributed by atoms with van der Waals surface area (Å²) in [5.41, 5.74) is 0. The summed E-state index contributed by atoms with van der Waals surface area (Å²) in [6.07, 6.45) is 45.4. The van der Waals surface area contributed by atoms with Crippen molar-refractivity contribution in [2.75, 3.05) is 39.6 Å². The van der Waals surface area contributed by atoms with Crippen LogP contribution in [0.25, 0.3) is 0 Å². The Balaban J connectivity index is 5.06. The Morgan fingerprint density at radius 1 is 0.318 bits per heavy atom. The highest BCUT2D eigenvalue weighted by atomic mass is 31.2. The molecule has 0 radical (unpaired) electrons. The van der Waals surface area contributed by atoms with E-state index < -0.39 is 97.5 Å². The van der Waals surface area contributed by atoms with Crippen molar-refractivity contribution in [3.05, 3.63) is 0 Å². The number of phosphoric ester groups is 2. The number of carbonyl (C=O) groups excluding carboxylic acids is 4. The molecule has 0 spiro atoms. The zero-order valence-corrected chi connectivity index (χ0v) is 56.5. The molecule has 0 saturated heterocycles. The molecule has 17 nitrogen and oxygen atoms in total. The summed E-state index contributed by atoms with van der Waals surface area (Å²) in [5, 5.41) is 10.5. The summed E-state index contributed by atoms with van der Waals surface area (Å²) in [4.78, 5) is 71.8. The molecular formula is C66H128O17P2. The predicted octanol–water partition coefficient (Wildman–Crippen LogP) is 18.6. The Hall–Kier alpha value is -1.94. The van der Waals surface area contributed by atoms with Gasteiger partial charge < -0.3 is 33.8 Å². The van der Waals surface area contributed by atoms with Crippen molar-refractivity contribution in [2.45, 2.75) is 355 Å². The van der Waals surface area contributed by atoms with Gasteiger partial charge in [0.25, 0.3) is 0 Å². The van der Waals surface area contributed by atoms with Crippen LogP contribution in [0.4, 0.5) is 0 Å². The molecule has 0 heterocycles. The van der Waals surface area contributed by atoms with Crippen molar-refractivity contribution in [2.24, 2.45) is 5.92 Å². The zero-order valence-electron chi connectivity index (χ0n) is 54.7. The first-order valence-corrected chi connectivity index (χ1v) is 37.6. The van der Waals surface area contributed by atoms with Crippen LogP contribution in [0.3, 0.4) is 0 Å². The topological polar surface area (TPSA) is 237 Å². The lowest BCUT2D eigenvalue weighted by Crippen LogP contribution is -2.30. The highest BCUT2D eigenvalue weighted by molar-refractivity contribution is 7.47. The number of rotatable bonds is 66. The van der Waals surface area contributed by atoms with Crippen LogP contribution in [0.5, 0.6) is 0 Å². The lowest BCUT2D eigenvalue weighted by atomic mass is 10.0. The van der Waals surface area contributed by atoms with Crippen molar-refractivity contribution in [1.29, 1.82) is 0 Å². The molecule has 0 saturated carbocycles. The second-order valence-electron chi connectivity index (χ2n) is 24.3. The lowest BCUT2D eigenvalue weighted by molar-refractivity contribution is -0.161. The number of unbranched alkanes of at least 4 members (excludes halogenated alkanes) is 38. The third-order valence-corrected chi connectivity index (χ3v) is 17.2. The van der Waals surface area contributed by atoms with E-state index in [0.717, 1.165) is 102 Å². The Morgan fingerprint density at radius 2 is 0.541 bits per heavy atom. The van der Waals surface area contributed by atoms with Gasteiger partial charge in [0.05, 0.1) is 26.4 Å². The van der Waals surface area contributed by atoms with Crippen molar-refractivity contribution < 1.29 is 80.2 Å². The van der Waals surface area contributed by atoms with Crippen LogP contribution < -0.4 is 0 Å². The number of hydrogen-bond donors (Lipinski definition) is 3. The largest absolute Gasteiger partial charge is 0.472 e. The fraction of sp³-hybridized carbons (Fsp3) is 0.939. The molecule has 0 aliphatic heterocycles. The predicted molar refractivity (Wildman–Crippen MR) is 340 cm³/mol. The van der Waals surface area contributed by atoms with E-state index in [-0.39, 0.29) is 25.7 Å². The molecule has 0 aliphatic rings. The monoisotopic (exact) mass is 1250 g/mol. The summed E-state index contributed by atoms with van der Waals surface area (Å²) in [5.74, 6) is -1.37.